The van der Waals surface area contributed by atoms with Crippen molar-refractivity contribution < 1.29 is 4.84 Å². The molecule has 3 nitrogen and oxygen atoms in total. The molecule has 0 aliphatic heterocycles. The summed E-state index contributed by atoms with van der Waals surface area (Å²) in [6, 6.07) is 9.64. The number of hydrogen-bond acceptors (Lipinski definition) is 3. The van der Waals surface area contributed by atoms with E-state index in [1.807, 2.05) is 30.3 Å². The largest absolute Gasteiger partial charge is 0.410 e. The second kappa shape index (κ2) is 4.07. The molecule has 0 bridgehead atoms. The Morgan fingerprint density at radius 2 is 2.00 bits per heavy atom. The van der Waals surface area contributed by atoms with Crippen LogP contribution in [-0.4, -0.2) is 4.98 Å². The van der Waals surface area contributed by atoms with Gasteiger partial charge in [-0.15, -0.1) is 12.4 Å². The zero-order chi connectivity index (χ0) is 8.39. The number of nitrogens with zero attached hydrogens (tertiary/aromatic N) is 1. The number of aromatic nitrogens is 1. The Kier molecular flexibility index (Phi) is 3.06. The van der Waals surface area contributed by atoms with Crippen molar-refractivity contribution in [1.82, 2.24) is 4.98 Å². The molecule has 2 N–H and O–H groups in total. The van der Waals surface area contributed by atoms with Crippen LogP contribution in [0.4, 0.5) is 0 Å². The second-order valence-corrected chi connectivity index (χ2v) is 2.48. The molecular formula is C9H9ClN2O. The molecule has 0 atom stereocenters. The molecule has 1 aromatic heterocycles. The molecule has 0 aliphatic carbocycles. The number of rotatable bonds is 1. The zero-order valence-corrected chi connectivity index (χ0v) is 7.62. The fourth-order valence-corrected chi connectivity index (χ4v) is 1.12. The summed E-state index contributed by atoms with van der Waals surface area (Å²) in [6.45, 7) is 0. The molecule has 0 amide bonds. The van der Waals surface area contributed by atoms with E-state index < -0.39 is 0 Å². The Labute approximate surface area is 81.9 Å². The first-order valence-electron chi connectivity index (χ1n) is 3.62. The monoisotopic (exact) mass is 196 g/mol. The highest BCUT2D eigenvalue weighted by Gasteiger charge is 1.95. The van der Waals surface area contributed by atoms with Gasteiger partial charge in [-0.3, -0.25) is 4.98 Å². The number of hydrogen-bond donors (Lipinski definition) is 1. The van der Waals surface area contributed by atoms with Crippen LogP contribution in [-0.2, 0) is 0 Å². The highest BCUT2D eigenvalue weighted by Crippen LogP contribution is 2.16. The van der Waals surface area contributed by atoms with Gasteiger partial charge >= 0.3 is 0 Å². The summed E-state index contributed by atoms with van der Waals surface area (Å²) < 4.78 is 0. The van der Waals surface area contributed by atoms with Gasteiger partial charge in [0.25, 0.3) is 0 Å². The van der Waals surface area contributed by atoms with Crippen LogP contribution in [0.3, 0.4) is 0 Å². The van der Waals surface area contributed by atoms with E-state index in [1.165, 1.54) is 0 Å². The van der Waals surface area contributed by atoms with Gasteiger partial charge in [-0.05, 0) is 12.1 Å². The standard InChI is InChI=1S/C9H8N2O.ClH/c10-12-8-5-7-3-1-2-4-9(7)11-6-8;/h1-6H,10H2;1H. The molecule has 0 spiro atoms. The summed E-state index contributed by atoms with van der Waals surface area (Å²) in [7, 11) is 0. The van der Waals surface area contributed by atoms with Crippen molar-refractivity contribution in [2.75, 3.05) is 0 Å². The number of pyridine rings is 1. The van der Waals surface area contributed by atoms with E-state index in [0.29, 0.717) is 5.75 Å². The molecule has 13 heavy (non-hydrogen) atoms. The van der Waals surface area contributed by atoms with Crippen LogP contribution in [0.1, 0.15) is 0 Å². The molecule has 2 aromatic rings. The van der Waals surface area contributed by atoms with Crippen molar-refractivity contribution in [3.8, 4) is 5.75 Å². The van der Waals surface area contributed by atoms with E-state index in [9.17, 15) is 0 Å². The summed E-state index contributed by atoms with van der Waals surface area (Å²) in [5, 5.41) is 1.03. The molecule has 0 saturated heterocycles. The predicted octanol–water partition coefficient (Wildman–Crippen LogP) is 1.91. The van der Waals surface area contributed by atoms with E-state index in [4.69, 9.17) is 5.90 Å². The molecule has 2 rings (SSSR count). The smallest absolute Gasteiger partial charge is 0.165 e. The SMILES string of the molecule is Cl.NOc1cnc2ccccc2c1. The molecule has 1 aromatic carbocycles. The Balaban J connectivity index is 0.000000845. The van der Waals surface area contributed by atoms with E-state index in [1.54, 1.807) is 6.20 Å². The molecular weight excluding hydrogens is 188 g/mol. The highest BCUT2D eigenvalue weighted by atomic mass is 35.5. The number of halogens is 1. The first-order valence-corrected chi connectivity index (χ1v) is 3.62. The van der Waals surface area contributed by atoms with Gasteiger partial charge in [-0.25, -0.2) is 0 Å². The predicted molar refractivity (Wildman–Crippen MR) is 53.8 cm³/mol. The van der Waals surface area contributed by atoms with Crippen molar-refractivity contribution in [3.63, 3.8) is 0 Å². The van der Waals surface area contributed by atoms with Crippen LogP contribution in [0.5, 0.6) is 5.75 Å². The number of para-hydroxylation sites is 1. The van der Waals surface area contributed by atoms with E-state index >= 15 is 0 Å². The minimum atomic E-state index is 0. The Morgan fingerprint density at radius 3 is 2.77 bits per heavy atom. The second-order valence-electron chi connectivity index (χ2n) is 2.48. The first kappa shape index (κ1) is 9.77. The molecule has 1 heterocycles. The van der Waals surface area contributed by atoms with Gasteiger partial charge < -0.3 is 4.84 Å². The van der Waals surface area contributed by atoms with Crippen LogP contribution in [0.15, 0.2) is 36.5 Å². The topological polar surface area (TPSA) is 48.1 Å². The Morgan fingerprint density at radius 1 is 1.23 bits per heavy atom. The molecule has 0 unspecified atom stereocenters. The summed E-state index contributed by atoms with van der Waals surface area (Å²) in [5.74, 6) is 5.58. The van der Waals surface area contributed by atoms with Crippen molar-refractivity contribution >= 4 is 23.3 Å². The van der Waals surface area contributed by atoms with Gasteiger partial charge in [0.2, 0.25) is 0 Å². The maximum absolute atomic E-state index is 5.00. The highest BCUT2D eigenvalue weighted by molar-refractivity contribution is 5.85. The van der Waals surface area contributed by atoms with Crippen molar-refractivity contribution in [2.24, 2.45) is 5.90 Å². The first-order chi connectivity index (χ1) is 5.90. The van der Waals surface area contributed by atoms with Crippen molar-refractivity contribution in [2.45, 2.75) is 0 Å². The summed E-state index contributed by atoms with van der Waals surface area (Å²) in [5.41, 5.74) is 0.943. The lowest BCUT2D eigenvalue weighted by Gasteiger charge is -1.99. The molecule has 0 radical (unpaired) electrons. The number of fused-ring (bicyclic) bond motifs is 1. The maximum Gasteiger partial charge on any atom is 0.165 e. The van der Waals surface area contributed by atoms with Crippen molar-refractivity contribution in [1.29, 1.82) is 0 Å². The lowest BCUT2D eigenvalue weighted by Crippen LogP contribution is -2.01. The van der Waals surface area contributed by atoms with Gasteiger partial charge in [0, 0.05) is 5.39 Å². The fraction of sp³-hybridized carbons (Fsp3) is 0. The number of nitrogens with two attached hydrogens (primary N) is 1. The van der Waals surface area contributed by atoms with Crippen LogP contribution < -0.4 is 10.7 Å². The lowest BCUT2D eigenvalue weighted by molar-refractivity contribution is 0.334. The quantitative estimate of drug-likeness (QED) is 0.709. The summed E-state index contributed by atoms with van der Waals surface area (Å²) in [4.78, 5) is 8.71. The average molecular weight is 197 g/mol. The van der Waals surface area contributed by atoms with Crippen LogP contribution >= 0.6 is 12.4 Å². The minimum absolute atomic E-state index is 0. The molecule has 0 aliphatic rings. The van der Waals surface area contributed by atoms with Crippen LogP contribution in [0, 0.1) is 0 Å². The molecule has 4 heteroatoms. The van der Waals surface area contributed by atoms with Crippen molar-refractivity contribution in [3.05, 3.63) is 36.5 Å². The summed E-state index contributed by atoms with van der Waals surface area (Å²) >= 11 is 0. The molecule has 0 fully saturated rings. The Hall–Kier alpha value is -1.32. The zero-order valence-electron chi connectivity index (χ0n) is 6.81. The van der Waals surface area contributed by atoms with Crippen LogP contribution in [0.25, 0.3) is 10.9 Å². The number of benzene rings is 1. The van der Waals surface area contributed by atoms with E-state index in [0.717, 1.165) is 10.9 Å². The normalized spacial score (nSPS) is 9.31. The van der Waals surface area contributed by atoms with Gasteiger partial charge in [-0.1, -0.05) is 18.2 Å². The third kappa shape index (κ3) is 1.88. The van der Waals surface area contributed by atoms with Gasteiger partial charge in [-0.2, -0.15) is 5.90 Å². The van der Waals surface area contributed by atoms with Gasteiger partial charge in [0.1, 0.15) is 0 Å². The third-order valence-electron chi connectivity index (χ3n) is 1.70. The average Bonchev–Trinajstić information content (AvgIpc) is 2.17. The van der Waals surface area contributed by atoms with E-state index in [-0.39, 0.29) is 12.4 Å². The van der Waals surface area contributed by atoms with Gasteiger partial charge in [0.15, 0.2) is 5.75 Å². The maximum atomic E-state index is 5.00. The lowest BCUT2D eigenvalue weighted by atomic mass is 10.2. The minimum Gasteiger partial charge on any atom is -0.410 e. The van der Waals surface area contributed by atoms with E-state index in [2.05, 4.69) is 9.82 Å². The molecule has 68 valence electrons. The Bertz CT molecular complexity index is 405. The van der Waals surface area contributed by atoms with Gasteiger partial charge in [0.05, 0.1) is 11.7 Å². The third-order valence-corrected chi connectivity index (χ3v) is 1.70. The van der Waals surface area contributed by atoms with Crippen LogP contribution in [0.2, 0.25) is 0 Å². The fourth-order valence-electron chi connectivity index (χ4n) is 1.12. The molecule has 0 saturated carbocycles. The summed E-state index contributed by atoms with van der Waals surface area (Å²) in [6.07, 6.45) is 1.60.